The fourth-order valence-corrected chi connectivity index (χ4v) is 2.42. The van der Waals surface area contributed by atoms with Crippen LogP contribution in [0.3, 0.4) is 0 Å². The molecule has 0 fully saturated rings. The van der Waals surface area contributed by atoms with Gasteiger partial charge >= 0.3 is 0 Å². The summed E-state index contributed by atoms with van der Waals surface area (Å²) in [5.74, 6) is 5.45. The highest BCUT2D eigenvalue weighted by Crippen LogP contribution is 2.40. The molecule has 1 aromatic carbocycles. The maximum absolute atomic E-state index is 9.90. The minimum atomic E-state index is -0.198. The van der Waals surface area contributed by atoms with E-state index in [0.717, 1.165) is 4.68 Å². The van der Waals surface area contributed by atoms with Gasteiger partial charge in [0, 0.05) is 10.4 Å². The van der Waals surface area contributed by atoms with Crippen molar-refractivity contribution in [2.75, 3.05) is 5.84 Å². The first-order chi connectivity index (χ1) is 9.97. The molecule has 5 N–H and O–H groups in total. The van der Waals surface area contributed by atoms with Crippen LogP contribution in [0.2, 0.25) is 10.0 Å². The molecule has 0 atom stereocenters. The molecule has 2 aromatic heterocycles. The van der Waals surface area contributed by atoms with Gasteiger partial charge in [0.05, 0.1) is 10.5 Å². The largest absolute Gasteiger partial charge is 0.493 e. The van der Waals surface area contributed by atoms with Crippen molar-refractivity contribution < 1.29 is 5.11 Å². The molecule has 0 aliphatic carbocycles. The summed E-state index contributed by atoms with van der Waals surface area (Å²) >= 11 is 16.8. The van der Waals surface area contributed by atoms with Crippen LogP contribution in [-0.4, -0.2) is 25.0 Å². The Morgan fingerprint density at radius 3 is 2.76 bits per heavy atom. The van der Waals surface area contributed by atoms with E-state index in [1.807, 2.05) is 0 Å². The molecule has 108 valence electrons. The number of fused-ring (bicyclic) bond motifs is 1. The molecule has 2 heterocycles. The van der Waals surface area contributed by atoms with Gasteiger partial charge in [0.2, 0.25) is 10.7 Å². The van der Waals surface area contributed by atoms with Gasteiger partial charge in [-0.3, -0.25) is 0 Å². The van der Waals surface area contributed by atoms with Gasteiger partial charge in [-0.25, -0.2) is 5.10 Å². The number of aromatic amines is 2. The van der Waals surface area contributed by atoms with Crippen LogP contribution in [0.1, 0.15) is 0 Å². The lowest BCUT2D eigenvalue weighted by atomic mass is 10.2. The lowest BCUT2D eigenvalue weighted by Crippen LogP contribution is -2.06. The number of H-pyrrole nitrogens is 2. The molecule has 0 saturated carbocycles. The number of rotatable bonds is 2. The maximum atomic E-state index is 9.90. The van der Waals surface area contributed by atoms with Gasteiger partial charge in [0.25, 0.3) is 5.95 Å². The molecule has 8 nitrogen and oxygen atoms in total. The van der Waals surface area contributed by atoms with Crippen molar-refractivity contribution in [1.82, 2.24) is 19.9 Å². The first-order valence-corrected chi connectivity index (χ1v) is 6.67. The Labute approximate surface area is 132 Å². The zero-order valence-corrected chi connectivity index (χ0v) is 12.5. The molecule has 0 radical (unpaired) electrons. The first-order valence-electron chi connectivity index (χ1n) is 5.51. The molecule has 0 amide bonds. The summed E-state index contributed by atoms with van der Waals surface area (Å²) in [6.45, 7) is 0. The summed E-state index contributed by atoms with van der Waals surface area (Å²) in [7, 11) is 0. The van der Waals surface area contributed by atoms with Crippen molar-refractivity contribution in [3.05, 3.63) is 26.9 Å². The van der Waals surface area contributed by atoms with Crippen LogP contribution in [0, 0.1) is 4.77 Å². The zero-order chi connectivity index (χ0) is 15.1. The molecule has 0 saturated heterocycles. The standard InChI is InChI=1S/C10H7Cl2N7OS/c11-3-1-4-6(5(12)2-3)14-8(20)7(4)15-16-9-17-18-10(21)19(9)13/h1-2,14,20H,13H2,(H,18,21). The Balaban J connectivity index is 2.14. The fourth-order valence-electron chi connectivity index (χ4n) is 1.76. The second kappa shape index (κ2) is 5.02. The first kappa shape index (κ1) is 13.9. The third-order valence-corrected chi connectivity index (χ3v) is 3.51. The third kappa shape index (κ3) is 2.35. The van der Waals surface area contributed by atoms with Gasteiger partial charge in [-0.2, -0.15) is 4.68 Å². The van der Waals surface area contributed by atoms with Crippen molar-refractivity contribution in [2.24, 2.45) is 10.2 Å². The van der Waals surface area contributed by atoms with E-state index in [-0.39, 0.29) is 22.3 Å². The van der Waals surface area contributed by atoms with Crippen molar-refractivity contribution in [3.63, 3.8) is 0 Å². The molecule has 0 unspecified atom stereocenters. The molecule has 11 heteroatoms. The van der Waals surface area contributed by atoms with Crippen LogP contribution in [0.15, 0.2) is 22.4 Å². The van der Waals surface area contributed by atoms with Crippen LogP contribution >= 0.6 is 35.4 Å². The summed E-state index contributed by atoms with van der Waals surface area (Å²) in [6.07, 6.45) is 0. The van der Waals surface area contributed by atoms with Crippen LogP contribution in [0.25, 0.3) is 10.9 Å². The van der Waals surface area contributed by atoms with Gasteiger partial charge < -0.3 is 15.9 Å². The number of nitrogens with one attached hydrogen (secondary N) is 2. The van der Waals surface area contributed by atoms with Gasteiger partial charge in [-0.1, -0.05) is 23.2 Å². The van der Waals surface area contributed by atoms with Gasteiger partial charge in [0.1, 0.15) is 0 Å². The van der Waals surface area contributed by atoms with E-state index < -0.39 is 0 Å². The highest BCUT2D eigenvalue weighted by molar-refractivity contribution is 7.71. The van der Waals surface area contributed by atoms with Crippen molar-refractivity contribution in [2.45, 2.75) is 0 Å². The number of hydrogen-bond acceptors (Lipinski definition) is 6. The molecule has 0 spiro atoms. The molecule has 0 aliphatic rings. The average Bonchev–Trinajstić information content (AvgIpc) is 2.90. The monoisotopic (exact) mass is 343 g/mol. The number of aromatic nitrogens is 4. The number of benzene rings is 1. The summed E-state index contributed by atoms with van der Waals surface area (Å²) in [5.41, 5.74) is 0.669. The van der Waals surface area contributed by atoms with Crippen LogP contribution in [-0.2, 0) is 0 Å². The molecule has 0 bridgehead atoms. The number of hydrogen-bond donors (Lipinski definition) is 4. The quantitative estimate of drug-likeness (QED) is 0.323. The Kier molecular flexibility index (Phi) is 3.32. The Bertz CT molecular complexity index is 926. The Morgan fingerprint density at radius 1 is 1.33 bits per heavy atom. The third-order valence-electron chi connectivity index (χ3n) is 2.70. The Hall–Kier alpha value is -2.10. The minimum Gasteiger partial charge on any atom is -0.493 e. The highest BCUT2D eigenvalue weighted by atomic mass is 35.5. The fraction of sp³-hybridized carbons (Fsp3) is 0. The number of azo groups is 1. The molecular formula is C10H7Cl2N7OS. The summed E-state index contributed by atoms with van der Waals surface area (Å²) < 4.78 is 1.24. The Morgan fingerprint density at radius 2 is 2.10 bits per heavy atom. The molecule has 3 rings (SSSR count). The van der Waals surface area contributed by atoms with E-state index >= 15 is 0 Å². The summed E-state index contributed by atoms with van der Waals surface area (Å²) in [4.78, 5) is 2.70. The SMILES string of the molecule is Nn1c(N=Nc2c(O)[nH]c3c(Cl)cc(Cl)cc23)n[nH]c1=S. The van der Waals surface area contributed by atoms with Crippen molar-refractivity contribution in [3.8, 4) is 5.88 Å². The minimum absolute atomic E-state index is 0.0573. The molecule has 21 heavy (non-hydrogen) atoms. The predicted molar refractivity (Wildman–Crippen MR) is 81.7 cm³/mol. The number of halogens is 2. The number of aromatic hydroxyl groups is 1. The number of nitrogen functional groups attached to an aromatic ring is 1. The predicted octanol–water partition coefficient (Wildman–Crippen LogP) is 3.56. The molecular weight excluding hydrogens is 337 g/mol. The summed E-state index contributed by atoms with van der Waals surface area (Å²) in [5, 5.41) is 25.2. The molecule has 3 aromatic rings. The summed E-state index contributed by atoms with van der Waals surface area (Å²) in [6, 6.07) is 3.15. The second-order valence-electron chi connectivity index (χ2n) is 4.03. The van der Waals surface area contributed by atoms with E-state index in [2.05, 4.69) is 25.4 Å². The number of nitrogens with two attached hydrogens (primary N) is 1. The van der Waals surface area contributed by atoms with Crippen LogP contribution < -0.4 is 5.84 Å². The van der Waals surface area contributed by atoms with E-state index in [9.17, 15) is 5.11 Å². The van der Waals surface area contributed by atoms with Crippen LogP contribution in [0.4, 0.5) is 11.6 Å². The zero-order valence-electron chi connectivity index (χ0n) is 10.1. The highest BCUT2D eigenvalue weighted by Gasteiger charge is 2.14. The lowest BCUT2D eigenvalue weighted by Gasteiger charge is -1.96. The van der Waals surface area contributed by atoms with Crippen LogP contribution in [0.5, 0.6) is 5.88 Å². The lowest BCUT2D eigenvalue weighted by molar-refractivity contribution is 0.459. The van der Waals surface area contributed by atoms with Crippen molar-refractivity contribution in [1.29, 1.82) is 0 Å². The van der Waals surface area contributed by atoms with E-state index in [1.54, 1.807) is 12.1 Å². The number of nitrogens with zero attached hydrogens (tertiary/aromatic N) is 4. The van der Waals surface area contributed by atoms with Gasteiger partial charge in [0.15, 0.2) is 5.69 Å². The smallest absolute Gasteiger partial charge is 0.287 e. The van der Waals surface area contributed by atoms with E-state index in [0.29, 0.717) is 20.9 Å². The maximum Gasteiger partial charge on any atom is 0.287 e. The van der Waals surface area contributed by atoms with Crippen molar-refractivity contribution >= 4 is 58.0 Å². The van der Waals surface area contributed by atoms with E-state index in [4.69, 9.17) is 41.3 Å². The van der Waals surface area contributed by atoms with E-state index in [1.165, 1.54) is 0 Å². The second-order valence-corrected chi connectivity index (χ2v) is 5.26. The normalized spacial score (nSPS) is 11.7. The van der Waals surface area contributed by atoms with Gasteiger partial charge in [-0.05, 0) is 24.4 Å². The molecule has 0 aliphatic heterocycles. The average molecular weight is 344 g/mol. The van der Waals surface area contributed by atoms with Gasteiger partial charge in [-0.15, -0.1) is 15.3 Å². The topological polar surface area (TPSA) is 120 Å².